The van der Waals surface area contributed by atoms with Gasteiger partial charge >= 0.3 is 0 Å². The van der Waals surface area contributed by atoms with Crippen LogP contribution >= 0.6 is 0 Å². The molecule has 0 spiro atoms. The van der Waals surface area contributed by atoms with Crippen LogP contribution in [0.2, 0.25) is 0 Å². The van der Waals surface area contributed by atoms with E-state index in [0.717, 1.165) is 32.6 Å². The highest BCUT2D eigenvalue weighted by Gasteiger charge is 2.24. The van der Waals surface area contributed by atoms with Crippen molar-refractivity contribution >= 4 is 0 Å². The standard InChI is InChI=1S/C13H27NO2/c1-10(2)13-9-12(5-7-16-13)14-6-8-15-11(3)4/h10-14H,5-9H2,1-4H3. The third-order valence-electron chi connectivity index (χ3n) is 3.04. The summed E-state index contributed by atoms with van der Waals surface area (Å²) in [5.74, 6) is 0.622. The van der Waals surface area contributed by atoms with Gasteiger partial charge in [0.25, 0.3) is 0 Å². The molecule has 0 bridgehead atoms. The third kappa shape index (κ3) is 5.28. The van der Waals surface area contributed by atoms with E-state index in [1.54, 1.807) is 0 Å². The average Bonchev–Trinajstić information content (AvgIpc) is 2.24. The second-order valence-electron chi connectivity index (χ2n) is 5.25. The van der Waals surface area contributed by atoms with Gasteiger partial charge in [0.15, 0.2) is 0 Å². The number of hydrogen-bond donors (Lipinski definition) is 1. The van der Waals surface area contributed by atoms with Gasteiger partial charge < -0.3 is 14.8 Å². The van der Waals surface area contributed by atoms with E-state index in [1.807, 2.05) is 0 Å². The first-order valence-corrected chi connectivity index (χ1v) is 6.56. The van der Waals surface area contributed by atoms with Crippen molar-refractivity contribution in [2.75, 3.05) is 19.8 Å². The largest absolute Gasteiger partial charge is 0.378 e. The van der Waals surface area contributed by atoms with Crippen LogP contribution in [0.5, 0.6) is 0 Å². The maximum atomic E-state index is 5.74. The molecule has 2 atom stereocenters. The highest BCUT2D eigenvalue weighted by molar-refractivity contribution is 4.78. The van der Waals surface area contributed by atoms with Gasteiger partial charge in [-0.05, 0) is 32.6 Å². The molecule has 0 aromatic heterocycles. The lowest BCUT2D eigenvalue weighted by Crippen LogP contribution is -2.42. The molecule has 1 aliphatic heterocycles. The lowest BCUT2D eigenvalue weighted by molar-refractivity contribution is -0.0257. The molecule has 1 aliphatic rings. The Kier molecular flexibility index (Phi) is 6.32. The fraction of sp³-hybridized carbons (Fsp3) is 1.00. The summed E-state index contributed by atoms with van der Waals surface area (Å²) in [6, 6.07) is 0.608. The lowest BCUT2D eigenvalue weighted by atomic mass is 9.95. The topological polar surface area (TPSA) is 30.5 Å². The predicted octanol–water partition coefficient (Wildman–Crippen LogP) is 2.20. The van der Waals surface area contributed by atoms with Crippen LogP contribution in [-0.2, 0) is 9.47 Å². The minimum Gasteiger partial charge on any atom is -0.378 e. The molecule has 1 heterocycles. The molecule has 3 heteroatoms. The Morgan fingerprint density at radius 3 is 2.69 bits per heavy atom. The molecule has 1 fully saturated rings. The molecule has 1 saturated heterocycles. The van der Waals surface area contributed by atoms with Crippen LogP contribution in [0.25, 0.3) is 0 Å². The smallest absolute Gasteiger partial charge is 0.0612 e. The zero-order valence-electron chi connectivity index (χ0n) is 11.2. The first-order valence-electron chi connectivity index (χ1n) is 6.56. The Labute approximate surface area is 99.9 Å². The number of hydrogen-bond acceptors (Lipinski definition) is 3. The molecule has 0 radical (unpaired) electrons. The van der Waals surface area contributed by atoms with Gasteiger partial charge in [-0.1, -0.05) is 13.8 Å². The van der Waals surface area contributed by atoms with Crippen LogP contribution in [0.15, 0.2) is 0 Å². The number of ether oxygens (including phenoxy) is 2. The van der Waals surface area contributed by atoms with Gasteiger partial charge in [0.2, 0.25) is 0 Å². The van der Waals surface area contributed by atoms with Gasteiger partial charge in [-0.25, -0.2) is 0 Å². The van der Waals surface area contributed by atoms with Crippen molar-refractivity contribution in [3.63, 3.8) is 0 Å². The second kappa shape index (κ2) is 7.25. The van der Waals surface area contributed by atoms with Gasteiger partial charge in [-0.15, -0.1) is 0 Å². The van der Waals surface area contributed by atoms with Crippen LogP contribution in [0.1, 0.15) is 40.5 Å². The van der Waals surface area contributed by atoms with E-state index in [-0.39, 0.29) is 0 Å². The Morgan fingerprint density at radius 1 is 1.31 bits per heavy atom. The Balaban J connectivity index is 2.12. The van der Waals surface area contributed by atoms with Crippen molar-refractivity contribution in [2.24, 2.45) is 5.92 Å². The molecule has 16 heavy (non-hydrogen) atoms. The Bertz CT molecular complexity index is 183. The summed E-state index contributed by atoms with van der Waals surface area (Å²) in [5.41, 5.74) is 0. The molecule has 3 nitrogen and oxygen atoms in total. The maximum Gasteiger partial charge on any atom is 0.0612 e. The molecule has 2 unspecified atom stereocenters. The van der Waals surface area contributed by atoms with Crippen LogP contribution in [0, 0.1) is 5.92 Å². The van der Waals surface area contributed by atoms with Gasteiger partial charge in [0.05, 0.1) is 18.8 Å². The number of rotatable bonds is 6. The minimum atomic E-state index is 0.333. The van der Waals surface area contributed by atoms with Crippen LogP contribution in [0.4, 0.5) is 0 Å². The zero-order chi connectivity index (χ0) is 12.0. The predicted molar refractivity (Wildman–Crippen MR) is 66.7 cm³/mol. The fourth-order valence-corrected chi connectivity index (χ4v) is 2.04. The van der Waals surface area contributed by atoms with Crippen molar-refractivity contribution in [1.82, 2.24) is 5.32 Å². The molecule has 0 aliphatic carbocycles. The van der Waals surface area contributed by atoms with Gasteiger partial charge in [0, 0.05) is 19.2 Å². The first-order chi connectivity index (χ1) is 7.59. The average molecular weight is 229 g/mol. The van der Waals surface area contributed by atoms with Crippen molar-refractivity contribution in [2.45, 2.75) is 58.8 Å². The van der Waals surface area contributed by atoms with E-state index in [2.05, 4.69) is 33.0 Å². The summed E-state index contributed by atoms with van der Waals surface area (Å²) in [4.78, 5) is 0. The van der Waals surface area contributed by atoms with E-state index in [0.29, 0.717) is 24.2 Å². The van der Waals surface area contributed by atoms with E-state index < -0.39 is 0 Å². The summed E-state index contributed by atoms with van der Waals surface area (Å²) >= 11 is 0. The molecule has 0 aromatic rings. The summed E-state index contributed by atoms with van der Waals surface area (Å²) in [5, 5.41) is 3.56. The molecule has 1 rings (SSSR count). The van der Waals surface area contributed by atoms with Crippen LogP contribution < -0.4 is 5.32 Å². The maximum absolute atomic E-state index is 5.74. The van der Waals surface area contributed by atoms with E-state index in [4.69, 9.17) is 9.47 Å². The third-order valence-corrected chi connectivity index (χ3v) is 3.04. The van der Waals surface area contributed by atoms with Crippen molar-refractivity contribution in [1.29, 1.82) is 0 Å². The highest BCUT2D eigenvalue weighted by atomic mass is 16.5. The number of nitrogens with one attached hydrogen (secondary N) is 1. The lowest BCUT2D eigenvalue weighted by Gasteiger charge is -2.32. The van der Waals surface area contributed by atoms with E-state index >= 15 is 0 Å². The molecule has 0 amide bonds. The molecule has 0 aromatic carbocycles. The quantitative estimate of drug-likeness (QED) is 0.708. The summed E-state index contributed by atoms with van der Waals surface area (Å²) in [6.07, 6.45) is 3.03. The van der Waals surface area contributed by atoms with Gasteiger partial charge in [-0.2, -0.15) is 0 Å². The minimum absolute atomic E-state index is 0.333. The van der Waals surface area contributed by atoms with E-state index in [1.165, 1.54) is 0 Å². The Hall–Kier alpha value is -0.120. The highest BCUT2D eigenvalue weighted by Crippen LogP contribution is 2.19. The molecular formula is C13H27NO2. The van der Waals surface area contributed by atoms with Crippen LogP contribution in [-0.4, -0.2) is 38.0 Å². The zero-order valence-corrected chi connectivity index (χ0v) is 11.2. The van der Waals surface area contributed by atoms with Crippen molar-refractivity contribution in [3.05, 3.63) is 0 Å². The van der Waals surface area contributed by atoms with Gasteiger partial charge in [-0.3, -0.25) is 0 Å². The summed E-state index contributed by atoms with van der Waals surface area (Å²) in [6.45, 7) is 11.3. The molecule has 96 valence electrons. The Morgan fingerprint density at radius 2 is 2.06 bits per heavy atom. The molecular weight excluding hydrogens is 202 g/mol. The summed E-state index contributed by atoms with van der Waals surface area (Å²) in [7, 11) is 0. The second-order valence-corrected chi connectivity index (χ2v) is 5.25. The van der Waals surface area contributed by atoms with Gasteiger partial charge in [0.1, 0.15) is 0 Å². The molecule has 1 N–H and O–H groups in total. The monoisotopic (exact) mass is 229 g/mol. The van der Waals surface area contributed by atoms with E-state index in [9.17, 15) is 0 Å². The SMILES string of the molecule is CC(C)OCCNC1CCOC(C(C)C)C1. The normalized spacial score (nSPS) is 26.6. The fourth-order valence-electron chi connectivity index (χ4n) is 2.04. The first kappa shape index (κ1) is 13.9. The molecule has 0 saturated carbocycles. The van der Waals surface area contributed by atoms with Crippen molar-refractivity contribution < 1.29 is 9.47 Å². The van der Waals surface area contributed by atoms with Crippen molar-refractivity contribution in [3.8, 4) is 0 Å². The van der Waals surface area contributed by atoms with Crippen LogP contribution in [0.3, 0.4) is 0 Å². The summed E-state index contributed by atoms with van der Waals surface area (Å²) < 4.78 is 11.3.